The lowest BCUT2D eigenvalue weighted by atomic mass is 9.94. The maximum Gasteiger partial charge on any atom is 0.416 e. The first-order valence-electron chi connectivity index (χ1n) is 10.7. The van der Waals surface area contributed by atoms with Gasteiger partial charge in [-0.3, -0.25) is 0 Å². The molecule has 0 aromatic heterocycles. The number of ether oxygens (including phenoxy) is 1. The minimum atomic E-state index is -4.66. The number of benzene rings is 3. The third-order valence-electron chi connectivity index (χ3n) is 5.86. The van der Waals surface area contributed by atoms with Crippen molar-refractivity contribution in [1.82, 2.24) is 0 Å². The van der Waals surface area contributed by atoms with Crippen LogP contribution in [-0.4, -0.2) is 11.1 Å². The number of nitrogen functional groups attached to an aromatic ring is 1. The van der Waals surface area contributed by atoms with E-state index in [0.29, 0.717) is 36.0 Å². The highest BCUT2D eigenvalue weighted by atomic mass is 19.4. The van der Waals surface area contributed by atoms with Crippen LogP contribution in [-0.2, 0) is 6.18 Å². The summed E-state index contributed by atoms with van der Waals surface area (Å²) < 4.78 is 74.8. The maximum absolute atomic E-state index is 14.9. The predicted molar refractivity (Wildman–Crippen MR) is 121 cm³/mol. The van der Waals surface area contributed by atoms with Crippen molar-refractivity contribution >= 4 is 22.8 Å². The predicted octanol–water partition coefficient (Wildman–Crippen LogP) is 7.27. The summed E-state index contributed by atoms with van der Waals surface area (Å²) >= 11 is 0. The molecule has 0 heterocycles. The van der Waals surface area contributed by atoms with Gasteiger partial charge in [-0.05, 0) is 78.4 Å². The molecule has 182 valence electrons. The summed E-state index contributed by atoms with van der Waals surface area (Å²) in [5.74, 6) is -2.27. The number of nitrogens with two attached hydrogens (primary N) is 1. The fourth-order valence-electron chi connectivity index (χ4n) is 4.17. The molecule has 4 rings (SSSR count). The number of carboxylic acids is 1. The van der Waals surface area contributed by atoms with Gasteiger partial charge in [0.05, 0.1) is 16.7 Å². The van der Waals surface area contributed by atoms with Crippen LogP contribution < -0.4 is 10.5 Å². The minimum Gasteiger partial charge on any atom is -0.478 e. The molecule has 3 aromatic rings. The Morgan fingerprint density at radius 2 is 1.71 bits per heavy atom. The van der Waals surface area contributed by atoms with E-state index in [2.05, 4.69) is 0 Å². The lowest BCUT2D eigenvalue weighted by Crippen LogP contribution is -2.09. The van der Waals surface area contributed by atoms with Gasteiger partial charge in [-0.25, -0.2) is 9.18 Å². The van der Waals surface area contributed by atoms with Gasteiger partial charge in [-0.2, -0.15) is 17.6 Å². The summed E-state index contributed by atoms with van der Waals surface area (Å²) in [6.45, 7) is 0. The van der Waals surface area contributed by atoms with Gasteiger partial charge in [-0.1, -0.05) is 18.2 Å². The van der Waals surface area contributed by atoms with Gasteiger partial charge in [0.15, 0.2) is 0 Å². The number of anilines is 1. The molecule has 0 amide bonds. The molecule has 0 bridgehead atoms. The van der Waals surface area contributed by atoms with Crippen molar-refractivity contribution in [3.8, 4) is 5.75 Å². The maximum atomic E-state index is 14.9. The number of allylic oxidation sites excluding steroid dienone is 2. The molecular weight excluding hydrogens is 469 g/mol. The Balaban J connectivity index is 1.84. The van der Waals surface area contributed by atoms with E-state index in [1.165, 1.54) is 30.3 Å². The van der Waals surface area contributed by atoms with Crippen LogP contribution in [0.1, 0.15) is 58.2 Å². The highest BCUT2D eigenvalue weighted by molar-refractivity contribution is 5.98. The Kier molecular flexibility index (Phi) is 6.51. The molecule has 0 saturated heterocycles. The topological polar surface area (TPSA) is 72.5 Å². The third-order valence-corrected chi connectivity index (χ3v) is 5.86. The van der Waals surface area contributed by atoms with Crippen molar-refractivity contribution in [1.29, 1.82) is 0 Å². The van der Waals surface area contributed by atoms with Gasteiger partial charge in [0.2, 0.25) is 0 Å². The Labute approximate surface area is 197 Å². The summed E-state index contributed by atoms with van der Waals surface area (Å²) in [7, 11) is 0. The Hall–Kier alpha value is -3.88. The molecule has 1 unspecified atom stereocenters. The Morgan fingerprint density at radius 1 is 1.00 bits per heavy atom. The van der Waals surface area contributed by atoms with Crippen LogP contribution in [0.4, 0.5) is 27.6 Å². The molecule has 0 radical (unpaired) electrons. The fraction of sp³-hybridized carbons (Fsp3) is 0.192. The first-order valence-corrected chi connectivity index (χ1v) is 10.7. The van der Waals surface area contributed by atoms with Crippen molar-refractivity contribution < 1.29 is 36.6 Å². The molecule has 35 heavy (non-hydrogen) atoms. The number of aromatic carboxylic acids is 1. The summed E-state index contributed by atoms with van der Waals surface area (Å²) in [5, 5.41) is 9.40. The molecule has 1 aliphatic rings. The van der Waals surface area contributed by atoms with E-state index in [9.17, 15) is 31.9 Å². The number of alkyl halides is 4. The molecule has 3 N–H and O–H groups in total. The first-order chi connectivity index (χ1) is 16.6. The number of hydrogen-bond acceptors (Lipinski definition) is 3. The van der Waals surface area contributed by atoms with Gasteiger partial charge in [0, 0.05) is 11.3 Å². The average Bonchev–Trinajstić information content (AvgIpc) is 3.28. The van der Waals surface area contributed by atoms with Crippen molar-refractivity contribution in [3.05, 3.63) is 94.3 Å². The van der Waals surface area contributed by atoms with Gasteiger partial charge >= 0.3 is 12.1 Å². The van der Waals surface area contributed by atoms with E-state index in [4.69, 9.17) is 10.5 Å². The number of carboxylic acid groups (broad SMARTS) is 1. The summed E-state index contributed by atoms with van der Waals surface area (Å²) in [5.41, 5.74) is 5.88. The quantitative estimate of drug-likeness (QED) is 0.282. The lowest BCUT2D eigenvalue weighted by Gasteiger charge is -2.19. The molecule has 3 aromatic carbocycles. The monoisotopic (exact) mass is 489 g/mol. The fourth-order valence-corrected chi connectivity index (χ4v) is 4.17. The van der Waals surface area contributed by atoms with Crippen molar-refractivity contribution in [3.63, 3.8) is 0 Å². The number of hydrogen-bond donors (Lipinski definition) is 2. The van der Waals surface area contributed by atoms with Crippen molar-refractivity contribution in [2.24, 2.45) is 0 Å². The summed E-state index contributed by atoms with van der Waals surface area (Å²) in [4.78, 5) is 11.5. The molecule has 0 fully saturated rings. The molecule has 0 aliphatic heterocycles. The van der Waals surface area contributed by atoms with Crippen LogP contribution in [0.25, 0.3) is 11.1 Å². The van der Waals surface area contributed by atoms with Crippen LogP contribution in [0.15, 0.2) is 60.7 Å². The van der Waals surface area contributed by atoms with Gasteiger partial charge in [-0.15, -0.1) is 0 Å². The van der Waals surface area contributed by atoms with E-state index in [1.54, 1.807) is 6.07 Å². The van der Waals surface area contributed by atoms with Crippen LogP contribution >= 0.6 is 0 Å². The second kappa shape index (κ2) is 9.40. The van der Waals surface area contributed by atoms with E-state index in [-0.39, 0.29) is 28.1 Å². The molecule has 1 atom stereocenters. The zero-order valence-electron chi connectivity index (χ0n) is 18.2. The van der Waals surface area contributed by atoms with Crippen molar-refractivity contribution in [2.45, 2.75) is 31.8 Å². The zero-order chi connectivity index (χ0) is 25.3. The van der Waals surface area contributed by atoms with Gasteiger partial charge in [0.25, 0.3) is 6.36 Å². The second-order valence-corrected chi connectivity index (χ2v) is 8.08. The van der Waals surface area contributed by atoms with E-state index in [1.807, 2.05) is 0 Å². The lowest BCUT2D eigenvalue weighted by molar-refractivity contribution is -0.137. The first kappa shape index (κ1) is 24.3. The molecule has 4 nitrogen and oxygen atoms in total. The zero-order valence-corrected chi connectivity index (χ0v) is 18.2. The van der Waals surface area contributed by atoms with Crippen LogP contribution in [0, 0.1) is 5.82 Å². The number of halogens is 5. The van der Waals surface area contributed by atoms with E-state index < -0.39 is 29.9 Å². The van der Waals surface area contributed by atoms with Crippen LogP contribution in [0.2, 0.25) is 0 Å². The molecular formula is C26H20F5NO3. The van der Waals surface area contributed by atoms with Crippen molar-refractivity contribution in [2.75, 3.05) is 5.73 Å². The normalized spacial score (nSPS) is 14.8. The molecule has 0 saturated carbocycles. The van der Waals surface area contributed by atoms with Gasteiger partial charge in [0.1, 0.15) is 11.6 Å². The Morgan fingerprint density at radius 3 is 2.40 bits per heavy atom. The summed E-state index contributed by atoms with van der Waals surface area (Å²) in [6, 6.07) is 12.1. The largest absolute Gasteiger partial charge is 0.478 e. The summed E-state index contributed by atoms with van der Waals surface area (Å²) in [6.07, 6.45) is -5.52. The van der Waals surface area contributed by atoms with E-state index >= 15 is 0 Å². The Bertz CT molecular complexity index is 1320. The number of rotatable bonds is 6. The standard InChI is InChI=1S/C26H20F5NO3/c27-21-7-2-1-4-18(21)24(28)35-23-11-9-15(26(29,30)31)13-19(23)17-6-3-5-16(17)14-8-10-22(32)20(12-14)25(33)34/h1-2,4,7-13,24H,3,5-6,32H2,(H,33,34). The highest BCUT2D eigenvalue weighted by Gasteiger charge is 2.33. The van der Waals surface area contributed by atoms with Gasteiger partial charge < -0.3 is 15.6 Å². The molecule has 9 heteroatoms. The average molecular weight is 489 g/mol. The third kappa shape index (κ3) is 4.99. The molecule has 0 spiro atoms. The number of carbonyl (C=O) groups is 1. The van der Waals surface area contributed by atoms with E-state index in [0.717, 1.165) is 24.3 Å². The smallest absolute Gasteiger partial charge is 0.416 e. The minimum absolute atomic E-state index is 0.0139. The highest BCUT2D eigenvalue weighted by Crippen LogP contribution is 2.45. The van der Waals surface area contributed by atoms with Crippen LogP contribution in [0.5, 0.6) is 5.75 Å². The SMILES string of the molecule is Nc1ccc(C2=C(c3cc(C(F)(F)F)ccc3OC(F)c3ccccc3F)CCC2)cc1C(=O)O. The van der Waals surface area contributed by atoms with Crippen LogP contribution in [0.3, 0.4) is 0 Å². The second-order valence-electron chi connectivity index (χ2n) is 8.08. The molecule has 1 aliphatic carbocycles.